The quantitative estimate of drug-likeness (QED) is 0.528. The number of thiazole rings is 1. The summed E-state index contributed by atoms with van der Waals surface area (Å²) in [5.41, 5.74) is 0.857. The van der Waals surface area contributed by atoms with Crippen LogP contribution >= 0.6 is 22.7 Å². The summed E-state index contributed by atoms with van der Waals surface area (Å²) in [4.78, 5) is 22.2. The Morgan fingerprint density at radius 2 is 1.91 bits per heavy atom. The number of piperazine rings is 1. The van der Waals surface area contributed by atoms with E-state index in [0.29, 0.717) is 43.4 Å². The molecule has 1 atom stereocenters. The molecule has 2 aromatic heterocycles. The van der Waals surface area contributed by atoms with Crippen LogP contribution in [0.4, 0.5) is 5.13 Å². The van der Waals surface area contributed by atoms with Crippen LogP contribution in [0.25, 0.3) is 10.2 Å². The zero-order valence-electron chi connectivity index (χ0n) is 18.3. The largest absolute Gasteiger partial charge is 0.494 e. The van der Waals surface area contributed by atoms with Crippen molar-refractivity contribution in [2.24, 2.45) is 0 Å². The third-order valence-corrected chi connectivity index (χ3v) is 10.6. The number of hydrogen-bond donors (Lipinski definition) is 0. The van der Waals surface area contributed by atoms with Gasteiger partial charge in [-0.2, -0.15) is 4.31 Å². The number of amides is 1. The molecule has 2 aliphatic heterocycles. The van der Waals surface area contributed by atoms with Crippen LogP contribution in [0.1, 0.15) is 19.3 Å². The molecule has 1 aromatic carbocycles. The van der Waals surface area contributed by atoms with Crippen molar-refractivity contribution in [1.29, 1.82) is 0 Å². The predicted octanol–water partition coefficient (Wildman–Crippen LogP) is 3.26. The minimum Gasteiger partial charge on any atom is -0.494 e. The molecule has 1 amide bonds. The molecule has 2 saturated heterocycles. The maximum atomic E-state index is 13.4. The zero-order chi connectivity index (χ0) is 23.0. The van der Waals surface area contributed by atoms with E-state index in [0.717, 1.165) is 33.9 Å². The number of ether oxygens (including phenoxy) is 1. The van der Waals surface area contributed by atoms with Crippen LogP contribution in [-0.4, -0.2) is 74.4 Å². The molecule has 1 unspecified atom stereocenters. The number of hydrogen-bond acceptors (Lipinski definition) is 8. The van der Waals surface area contributed by atoms with Gasteiger partial charge in [0.05, 0.1) is 11.8 Å². The van der Waals surface area contributed by atoms with E-state index in [2.05, 4.69) is 4.90 Å². The first-order valence-corrected chi connectivity index (χ1v) is 14.2. The molecule has 5 rings (SSSR count). The maximum absolute atomic E-state index is 13.4. The van der Waals surface area contributed by atoms with Crippen LogP contribution in [-0.2, 0) is 14.8 Å². The van der Waals surface area contributed by atoms with Crippen LogP contribution in [0.2, 0.25) is 0 Å². The first kappa shape index (κ1) is 22.6. The molecule has 0 spiro atoms. The van der Waals surface area contributed by atoms with E-state index in [1.165, 1.54) is 15.6 Å². The topological polar surface area (TPSA) is 83.0 Å². The highest BCUT2D eigenvalue weighted by Crippen LogP contribution is 2.35. The number of piperidine rings is 1. The van der Waals surface area contributed by atoms with E-state index in [1.54, 1.807) is 36.0 Å². The fraction of sp³-hybridized carbons (Fsp3) is 0.455. The molecular formula is C22H26N4O4S3. The molecule has 0 saturated carbocycles. The Kier molecular flexibility index (Phi) is 6.30. The van der Waals surface area contributed by atoms with E-state index in [9.17, 15) is 13.2 Å². The second-order valence-electron chi connectivity index (χ2n) is 8.18. The summed E-state index contributed by atoms with van der Waals surface area (Å²) in [5.74, 6) is 0.675. The fourth-order valence-corrected chi connectivity index (χ4v) is 8.31. The number of carbonyl (C=O) groups excluding carboxylic acids is 1. The molecule has 4 heterocycles. The highest BCUT2D eigenvalue weighted by molar-refractivity contribution is 7.91. The molecule has 8 nitrogen and oxygen atoms in total. The summed E-state index contributed by atoms with van der Waals surface area (Å²) in [6.45, 7) is 2.82. The van der Waals surface area contributed by atoms with E-state index in [1.807, 2.05) is 23.1 Å². The second kappa shape index (κ2) is 9.21. The van der Waals surface area contributed by atoms with Gasteiger partial charge in [-0.15, -0.1) is 11.3 Å². The highest BCUT2D eigenvalue weighted by atomic mass is 32.2. The van der Waals surface area contributed by atoms with Crippen molar-refractivity contribution < 1.29 is 17.9 Å². The number of rotatable bonds is 5. The average Bonchev–Trinajstić information content (AvgIpc) is 3.54. The number of para-hydroxylation sites is 1. The number of benzene rings is 1. The molecule has 2 aliphatic rings. The van der Waals surface area contributed by atoms with Crippen LogP contribution in [0.3, 0.4) is 0 Å². The predicted molar refractivity (Wildman–Crippen MR) is 131 cm³/mol. The Labute approximate surface area is 201 Å². The number of nitrogens with zero attached hydrogens (tertiary/aromatic N) is 4. The normalized spacial score (nSPS) is 20.3. The van der Waals surface area contributed by atoms with E-state index >= 15 is 0 Å². The summed E-state index contributed by atoms with van der Waals surface area (Å²) >= 11 is 2.82. The van der Waals surface area contributed by atoms with Crippen molar-refractivity contribution in [3.05, 3.63) is 35.7 Å². The lowest BCUT2D eigenvalue weighted by atomic mass is 10.0. The van der Waals surface area contributed by atoms with Gasteiger partial charge < -0.3 is 14.5 Å². The molecule has 0 radical (unpaired) electrons. The number of carbonyl (C=O) groups is 1. The van der Waals surface area contributed by atoms with E-state index in [4.69, 9.17) is 9.72 Å². The zero-order valence-corrected chi connectivity index (χ0v) is 20.8. The molecule has 2 fully saturated rings. The van der Waals surface area contributed by atoms with Gasteiger partial charge in [0.1, 0.15) is 21.5 Å². The van der Waals surface area contributed by atoms with Crippen molar-refractivity contribution in [3.8, 4) is 5.75 Å². The molecule has 3 aromatic rings. The molecule has 0 aliphatic carbocycles. The number of thiophene rings is 1. The number of fused-ring (bicyclic) bond motifs is 1. The maximum Gasteiger partial charge on any atom is 0.253 e. The molecule has 0 bridgehead atoms. The first-order valence-electron chi connectivity index (χ1n) is 11.0. The lowest BCUT2D eigenvalue weighted by Gasteiger charge is -2.40. The lowest BCUT2D eigenvalue weighted by molar-refractivity contribution is -0.136. The Morgan fingerprint density at radius 3 is 2.64 bits per heavy atom. The molecule has 176 valence electrons. The summed E-state index contributed by atoms with van der Waals surface area (Å²) in [5, 5.41) is 2.67. The second-order valence-corrected chi connectivity index (χ2v) is 12.2. The molecule has 33 heavy (non-hydrogen) atoms. The van der Waals surface area contributed by atoms with Crippen molar-refractivity contribution in [3.63, 3.8) is 0 Å². The number of methoxy groups -OCH3 is 1. The Balaban J connectivity index is 1.29. The number of sulfonamides is 1. The van der Waals surface area contributed by atoms with Crippen LogP contribution in [0.5, 0.6) is 5.75 Å². The van der Waals surface area contributed by atoms with Crippen molar-refractivity contribution in [1.82, 2.24) is 14.2 Å². The van der Waals surface area contributed by atoms with Gasteiger partial charge in [-0.05, 0) is 36.4 Å². The first-order chi connectivity index (χ1) is 16.0. The summed E-state index contributed by atoms with van der Waals surface area (Å²) in [6, 6.07) is 8.62. The van der Waals surface area contributed by atoms with Crippen molar-refractivity contribution in [2.75, 3.05) is 44.7 Å². The number of anilines is 1. The Hall–Kier alpha value is -2.21. The van der Waals surface area contributed by atoms with E-state index < -0.39 is 16.1 Å². The van der Waals surface area contributed by atoms with E-state index in [-0.39, 0.29) is 5.91 Å². The summed E-state index contributed by atoms with van der Waals surface area (Å²) < 4.78 is 34.5. The Bertz CT molecular complexity index is 1230. The van der Waals surface area contributed by atoms with Gasteiger partial charge in [-0.1, -0.05) is 29.9 Å². The monoisotopic (exact) mass is 506 g/mol. The minimum absolute atomic E-state index is 0.0829. The smallest absolute Gasteiger partial charge is 0.253 e. The third kappa shape index (κ3) is 4.23. The van der Waals surface area contributed by atoms with Gasteiger partial charge in [0.2, 0.25) is 5.91 Å². The van der Waals surface area contributed by atoms with Crippen molar-refractivity contribution >= 4 is 54.0 Å². The summed E-state index contributed by atoms with van der Waals surface area (Å²) in [6.07, 6.45) is 2.21. The summed E-state index contributed by atoms with van der Waals surface area (Å²) in [7, 11) is -2.01. The highest BCUT2D eigenvalue weighted by Gasteiger charge is 2.40. The molecule has 11 heteroatoms. The van der Waals surface area contributed by atoms with Gasteiger partial charge >= 0.3 is 0 Å². The minimum atomic E-state index is -3.65. The average molecular weight is 507 g/mol. The van der Waals surface area contributed by atoms with Gasteiger partial charge in [-0.3, -0.25) is 4.79 Å². The lowest BCUT2D eigenvalue weighted by Crippen LogP contribution is -2.57. The van der Waals surface area contributed by atoms with Crippen LogP contribution in [0, 0.1) is 0 Å². The van der Waals surface area contributed by atoms with Crippen LogP contribution < -0.4 is 9.64 Å². The third-order valence-electron chi connectivity index (χ3n) is 6.25. The SMILES string of the molecule is COc1cccc2sc(N3CCN(C(=O)C4CCCCN4S(=O)(=O)c4cccs4)CC3)nc12. The molecular weight excluding hydrogens is 480 g/mol. The van der Waals surface area contributed by atoms with Gasteiger partial charge in [0.15, 0.2) is 5.13 Å². The number of aromatic nitrogens is 1. The van der Waals surface area contributed by atoms with Gasteiger partial charge in [0.25, 0.3) is 10.0 Å². The van der Waals surface area contributed by atoms with Gasteiger partial charge in [-0.25, -0.2) is 13.4 Å². The van der Waals surface area contributed by atoms with Crippen LogP contribution in [0.15, 0.2) is 39.9 Å². The fourth-order valence-electron chi connectivity index (χ4n) is 4.51. The van der Waals surface area contributed by atoms with Crippen molar-refractivity contribution in [2.45, 2.75) is 29.5 Å². The van der Waals surface area contributed by atoms with Gasteiger partial charge in [0, 0.05) is 32.7 Å². The standard InChI is InChI=1S/C22H26N4O4S3/c1-30-17-7-4-8-18-20(17)23-22(32-18)25-13-11-24(12-14-25)21(27)16-6-2-3-10-26(16)33(28,29)19-9-5-15-31-19/h4-5,7-9,15-16H,2-3,6,10-14H2,1H3. The molecule has 0 N–H and O–H groups in total. The Morgan fingerprint density at radius 1 is 1.09 bits per heavy atom.